The van der Waals surface area contributed by atoms with E-state index in [1.54, 1.807) is 11.4 Å². The summed E-state index contributed by atoms with van der Waals surface area (Å²) in [6.07, 6.45) is 0.272. The fourth-order valence-corrected chi connectivity index (χ4v) is 2.84. The summed E-state index contributed by atoms with van der Waals surface area (Å²) in [7, 11) is 4.07. The standard InChI is InChI=1S/C18H23N3O2S/c1-21(2)12-15-5-3-14(4-6-15)11-20-17(22)7-9-19-18(23)16-8-10-24-13-16/h3-6,8,10,13H,7,9,11-12H2,1-2H3,(H,19,23)(H,20,22). The van der Waals surface area contributed by atoms with Crippen LogP contribution in [0.2, 0.25) is 0 Å². The van der Waals surface area contributed by atoms with Crippen molar-refractivity contribution in [2.75, 3.05) is 20.6 Å². The molecule has 0 spiro atoms. The summed E-state index contributed by atoms with van der Waals surface area (Å²) in [6.45, 7) is 1.73. The summed E-state index contributed by atoms with van der Waals surface area (Å²) in [5.41, 5.74) is 2.94. The fraction of sp³-hybridized carbons (Fsp3) is 0.333. The van der Waals surface area contributed by atoms with Crippen LogP contribution in [0.3, 0.4) is 0 Å². The number of amides is 2. The lowest BCUT2D eigenvalue weighted by atomic mass is 10.1. The molecule has 1 aromatic heterocycles. The first-order chi connectivity index (χ1) is 11.5. The van der Waals surface area contributed by atoms with Crippen molar-refractivity contribution < 1.29 is 9.59 Å². The largest absolute Gasteiger partial charge is 0.352 e. The Labute approximate surface area is 146 Å². The van der Waals surface area contributed by atoms with Gasteiger partial charge in [-0.3, -0.25) is 9.59 Å². The van der Waals surface area contributed by atoms with Crippen LogP contribution in [0.25, 0.3) is 0 Å². The Balaban J connectivity index is 1.66. The van der Waals surface area contributed by atoms with Gasteiger partial charge in [0.25, 0.3) is 5.91 Å². The maximum atomic E-state index is 11.8. The predicted octanol–water partition coefficient (Wildman–Crippen LogP) is 2.25. The highest BCUT2D eigenvalue weighted by molar-refractivity contribution is 7.08. The van der Waals surface area contributed by atoms with Crippen molar-refractivity contribution in [2.24, 2.45) is 0 Å². The molecule has 128 valence electrons. The molecular weight excluding hydrogens is 322 g/mol. The van der Waals surface area contributed by atoms with Gasteiger partial charge in [-0.15, -0.1) is 0 Å². The topological polar surface area (TPSA) is 61.4 Å². The first-order valence-corrected chi connectivity index (χ1v) is 8.78. The van der Waals surface area contributed by atoms with Gasteiger partial charge in [-0.05, 0) is 36.7 Å². The van der Waals surface area contributed by atoms with Crippen LogP contribution in [0.15, 0.2) is 41.1 Å². The number of nitrogens with zero attached hydrogens (tertiary/aromatic N) is 1. The van der Waals surface area contributed by atoms with Gasteiger partial charge in [-0.2, -0.15) is 11.3 Å². The molecule has 24 heavy (non-hydrogen) atoms. The lowest BCUT2D eigenvalue weighted by molar-refractivity contribution is -0.121. The fourth-order valence-electron chi connectivity index (χ4n) is 2.20. The molecule has 2 aromatic rings. The average molecular weight is 345 g/mol. The summed E-state index contributed by atoms with van der Waals surface area (Å²) in [5.74, 6) is -0.210. The SMILES string of the molecule is CN(C)Cc1ccc(CNC(=O)CCNC(=O)c2ccsc2)cc1. The average Bonchev–Trinajstić information content (AvgIpc) is 3.08. The number of carbonyl (C=O) groups excluding carboxylic acids is 2. The summed E-state index contributed by atoms with van der Waals surface area (Å²) in [4.78, 5) is 25.7. The highest BCUT2D eigenvalue weighted by Crippen LogP contribution is 2.06. The highest BCUT2D eigenvalue weighted by atomic mass is 32.1. The van der Waals surface area contributed by atoms with Gasteiger partial charge in [-0.1, -0.05) is 24.3 Å². The molecule has 0 fully saturated rings. The van der Waals surface area contributed by atoms with Crippen LogP contribution in [0.5, 0.6) is 0 Å². The molecule has 1 aromatic carbocycles. The van der Waals surface area contributed by atoms with Gasteiger partial charge in [0.15, 0.2) is 0 Å². The molecule has 2 N–H and O–H groups in total. The number of thiophene rings is 1. The maximum Gasteiger partial charge on any atom is 0.252 e. The Morgan fingerprint density at radius 3 is 2.38 bits per heavy atom. The number of nitrogens with one attached hydrogen (secondary N) is 2. The molecule has 0 aliphatic rings. The van der Waals surface area contributed by atoms with Gasteiger partial charge < -0.3 is 15.5 Å². The number of hydrogen-bond donors (Lipinski definition) is 2. The molecule has 0 atom stereocenters. The Hall–Kier alpha value is -2.18. The smallest absolute Gasteiger partial charge is 0.252 e. The minimum absolute atomic E-state index is 0.0713. The molecule has 2 rings (SSSR count). The molecule has 0 radical (unpaired) electrons. The van der Waals surface area contributed by atoms with Gasteiger partial charge in [0.1, 0.15) is 0 Å². The third-order valence-electron chi connectivity index (χ3n) is 3.43. The van der Waals surface area contributed by atoms with Crippen LogP contribution in [0, 0.1) is 0 Å². The zero-order chi connectivity index (χ0) is 17.4. The lowest BCUT2D eigenvalue weighted by Crippen LogP contribution is -2.30. The van der Waals surface area contributed by atoms with E-state index in [1.807, 2.05) is 31.6 Å². The Morgan fingerprint density at radius 1 is 1.04 bits per heavy atom. The van der Waals surface area contributed by atoms with Gasteiger partial charge in [-0.25, -0.2) is 0 Å². The highest BCUT2D eigenvalue weighted by Gasteiger charge is 2.06. The molecule has 0 bridgehead atoms. The van der Waals surface area contributed by atoms with E-state index in [-0.39, 0.29) is 18.2 Å². The summed E-state index contributed by atoms with van der Waals surface area (Å²) in [6, 6.07) is 9.96. The van der Waals surface area contributed by atoms with Crippen LogP contribution < -0.4 is 10.6 Å². The van der Waals surface area contributed by atoms with E-state index in [0.29, 0.717) is 18.7 Å². The summed E-state index contributed by atoms with van der Waals surface area (Å²) >= 11 is 1.47. The van der Waals surface area contributed by atoms with E-state index in [0.717, 1.165) is 12.1 Å². The van der Waals surface area contributed by atoms with Crippen LogP contribution in [0.4, 0.5) is 0 Å². The third-order valence-corrected chi connectivity index (χ3v) is 4.12. The molecule has 6 heteroatoms. The quantitative estimate of drug-likeness (QED) is 0.771. The van der Waals surface area contributed by atoms with Crippen molar-refractivity contribution in [1.82, 2.24) is 15.5 Å². The van der Waals surface area contributed by atoms with Gasteiger partial charge in [0.05, 0.1) is 0 Å². The van der Waals surface area contributed by atoms with E-state index in [9.17, 15) is 9.59 Å². The van der Waals surface area contributed by atoms with Crippen molar-refractivity contribution in [3.63, 3.8) is 0 Å². The van der Waals surface area contributed by atoms with Crippen molar-refractivity contribution >= 4 is 23.2 Å². The maximum absolute atomic E-state index is 11.8. The summed E-state index contributed by atoms with van der Waals surface area (Å²) < 4.78 is 0. The van der Waals surface area contributed by atoms with Gasteiger partial charge in [0, 0.05) is 37.0 Å². The number of rotatable bonds is 8. The minimum atomic E-state index is -0.138. The van der Waals surface area contributed by atoms with Crippen LogP contribution in [-0.4, -0.2) is 37.4 Å². The van der Waals surface area contributed by atoms with Crippen molar-refractivity contribution in [1.29, 1.82) is 0 Å². The first kappa shape index (κ1) is 18.2. The van der Waals surface area contributed by atoms with E-state index in [2.05, 4.69) is 27.7 Å². The molecule has 5 nitrogen and oxygen atoms in total. The van der Waals surface area contributed by atoms with E-state index >= 15 is 0 Å². The molecule has 0 aliphatic carbocycles. The predicted molar refractivity (Wildman–Crippen MR) is 96.9 cm³/mol. The normalized spacial score (nSPS) is 10.6. The van der Waals surface area contributed by atoms with E-state index < -0.39 is 0 Å². The number of benzene rings is 1. The van der Waals surface area contributed by atoms with Gasteiger partial charge >= 0.3 is 0 Å². The van der Waals surface area contributed by atoms with Crippen LogP contribution in [0.1, 0.15) is 27.9 Å². The summed E-state index contributed by atoms with van der Waals surface area (Å²) in [5, 5.41) is 9.25. The molecule has 1 heterocycles. The molecule has 0 aliphatic heterocycles. The van der Waals surface area contributed by atoms with Crippen molar-refractivity contribution in [3.8, 4) is 0 Å². The monoisotopic (exact) mass is 345 g/mol. The lowest BCUT2D eigenvalue weighted by Gasteiger charge is -2.10. The first-order valence-electron chi connectivity index (χ1n) is 7.84. The Bertz CT molecular complexity index is 651. The van der Waals surface area contributed by atoms with Crippen molar-refractivity contribution in [3.05, 3.63) is 57.8 Å². The second-order valence-electron chi connectivity index (χ2n) is 5.85. The molecular formula is C18H23N3O2S. The zero-order valence-electron chi connectivity index (χ0n) is 14.0. The molecule has 0 unspecified atom stereocenters. The second kappa shape index (κ2) is 9.20. The third kappa shape index (κ3) is 6.14. The Morgan fingerprint density at radius 2 is 1.75 bits per heavy atom. The molecule has 0 saturated heterocycles. The van der Waals surface area contributed by atoms with Crippen molar-refractivity contribution in [2.45, 2.75) is 19.5 Å². The van der Waals surface area contributed by atoms with Crippen LogP contribution in [-0.2, 0) is 17.9 Å². The molecule has 0 saturated carbocycles. The Kier molecular flexibility index (Phi) is 6.96. The minimum Gasteiger partial charge on any atom is -0.352 e. The van der Waals surface area contributed by atoms with E-state index in [1.165, 1.54) is 16.9 Å². The number of hydrogen-bond acceptors (Lipinski definition) is 4. The number of carbonyl (C=O) groups is 2. The van der Waals surface area contributed by atoms with Gasteiger partial charge in [0.2, 0.25) is 5.91 Å². The zero-order valence-corrected chi connectivity index (χ0v) is 14.9. The van der Waals surface area contributed by atoms with Crippen LogP contribution >= 0.6 is 11.3 Å². The second-order valence-corrected chi connectivity index (χ2v) is 6.63. The molecule has 2 amide bonds. The van der Waals surface area contributed by atoms with E-state index in [4.69, 9.17) is 0 Å².